The van der Waals surface area contributed by atoms with Gasteiger partial charge in [-0.2, -0.15) is 0 Å². The largest absolute Gasteiger partial charge is 0.443 e. The molecule has 1 amide bonds. The van der Waals surface area contributed by atoms with Crippen molar-refractivity contribution in [1.82, 2.24) is 4.98 Å². The Balaban J connectivity index is 1.59. The van der Waals surface area contributed by atoms with Crippen molar-refractivity contribution in [2.75, 3.05) is 5.32 Å². The normalized spacial score (nSPS) is 10.7. The maximum atomic E-state index is 12.0. The summed E-state index contributed by atoms with van der Waals surface area (Å²) in [4.78, 5) is 16.0. The lowest BCUT2D eigenvalue weighted by Gasteiger charge is -2.05. The van der Waals surface area contributed by atoms with Gasteiger partial charge in [0.15, 0.2) is 12.0 Å². The highest BCUT2D eigenvalue weighted by atomic mass is 16.3. The number of benzene rings is 2. The fourth-order valence-electron chi connectivity index (χ4n) is 2.17. The first-order valence-electron chi connectivity index (χ1n) is 6.89. The molecule has 1 N–H and O–H groups in total. The van der Waals surface area contributed by atoms with Gasteiger partial charge in [-0.3, -0.25) is 4.79 Å². The lowest BCUT2D eigenvalue weighted by Crippen LogP contribution is -2.12. The Morgan fingerprint density at radius 1 is 1.19 bits per heavy atom. The molecule has 0 bridgehead atoms. The molecular weight excluding hydrogens is 264 g/mol. The zero-order chi connectivity index (χ0) is 14.7. The molecule has 0 spiro atoms. The number of anilines is 1. The average Bonchev–Trinajstić information content (AvgIpc) is 2.94. The highest BCUT2D eigenvalue weighted by Gasteiger charge is 2.05. The molecule has 1 heterocycles. The summed E-state index contributed by atoms with van der Waals surface area (Å²) in [5.41, 5.74) is 4.58. The predicted molar refractivity (Wildman–Crippen MR) is 82.1 cm³/mol. The van der Waals surface area contributed by atoms with E-state index in [0.717, 1.165) is 17.6 Å². The Bertz CT molecular complexity index is 760. The Hall–Kier alpha value is -2.62. The molecule has 106 valence electrons. The third-order valence-electron chi connectivity index (χ3n) is 3.38. The van der Waals surface area contributed by atoms with Crippen LogP contribution in [0.3, 0.4) is 0 Å². The standard InChI is InChI=1S/C17H16N2O2/c1-12-2-4-13(5-3-12)6-9-17(20)19-14-7-8-15-16(10-14)21-11-18-15/h2-5,7-8,10-11H,6,9H2,1H3,(H,19,20). The first-order chi connectivity index (χ1) is 10.2. The van der Waals surface area contributed by atoms with Gasteiger partial charge in [-0.1, -0.05) is 29.8 Å². The van der Waals surface area contributed by atoms with Gasteiger partial charge >= 0.3 is 0 Å². The lowest BCUT2D eigenvalue weighted by atomic mass is 10.1. The van der Waals surface area contributed by atoms with Gasteiger partial charge in [0.1, 0.15) is 5.52 Å². The van der Waals surface area contributed by atoms with Crippen molar-refractivity contribution in [1.29, 1.82) is 0 Å². The average molecular weight is 280 g/mol. The van der Waals surface area contributed by atoms with Crippen molar-refractivity contribution in [2.45, 2.75) is 19.8 Å². The summed E-state index contributed by atoms with van der Waals surface area (Å²) < 4.78 is 5.22. The van der Waals surface area contributed by atoms with Crippen LogP contribution in [0.2, 0.25) is 0 Å². The van der Waals surface area contributed by atoms with Crippen LogP contribution in [0.5, 0.6) is 0 Å². The van der Waals surface area contributed by atoms with Crippen LogP contribution in [0.1, 0.15) is 17.5 Å². The Kier molecular flexibility index (Phi) is 3.69. The van der Waals surface area contributed by atoms with Crippen LogP contribution in [0.25, 0.3) is 11.1 Å². The summed E-state index contributed by atoms with van der Waals surface area (Å²) in [7, 11) is 0. The number of nitrogens with one attached hydrogen (secondary N) is 1. The highest BCUT2D eigenvalue weighted by Crippen LogP contribution is 2.18. The highest BCUT2D eigenvalue weighted by molar-refractivity contribution is 5.92. The molecule has 0 radical (unpaired) electrons. The predicted octanol–water partition coefficient (Wildman–Crippen LogP) is 3.71. The number of carbonyl (C=O) groups is 1. The van der Waals surface area contributed by atoms with Crippen molar-refractivity contribution in [3.8, 4) is 0 Å². The number of carbonyl (C=O) groups excluding carboxylic acids is 1. The van der Waals surface area contributed by atoms with Gasteiger partial charge in [-0.05, 0) is 31.0 Å². The van der Waals surface area contributed by atoms with Gasteiger partial charge in [0.2, 0.25) is 5.91 Å². The third kappa shape index (κ3) is 3.28. The van der Waals surface area contributed by atoms with E-state index >= 15 is 0 Å². The van der Waals surface area contributed by atoms with Gasteiger partial charge in [-0.15, -0.1) is 0 Å². The molecular formula is C17H16N2O2. The molecule has 0 saturated carbocycles. The molecule has 0 atom stereocenters. The first kappa shape index (κ1) is 13.4. The Morgan fingerprint density at radius 2 is 2.00 bits per heavy atom. The molecule has 0 unspecified atom stereocenters. The van der Waals surface area contributed by atoms with Crippen molar-refractivity contribution in [3.05, 3.63) is 60.0 Å². The smallest absolute Gasteiger partial charge is 0.224 e. The van der Waals surface area contributed by atoms with E-state index in [4.69, 9.17) is 4.42 Å². The second kappa shape index (κ2) is 5.79. The number of oxazole rings is 1. The number of fused-ring (bicyclic) bond motifs is 1. The summed E-state index contributed by atoms with van der Waals surface area (Å²) in [5, 5.41) is 2.88. The van der Waals surface area contributed by atoms with Gasteiger partial charge in [0, 0.05) is 18.2 Å². The fourth-order valence-corrected chi connectivity index (χ4v) is 2.17. The fraction of sp³-hybridized carbons (Fsp3) is 0.176. The quantitative estimate of drug-likeness (QED) is 0.792. The summed E-state index contributed by atoms with van der Waals surface area (Å²) in [6, 6.07) is 13.7. The van der Waals surface area contributed by atoms with E-state index in [1.165, 1.54) is 17.5 Å². The molecule has 0 fully saturated rings. The zero-order valence-corrected chi connectivity index (χ0v) is 11.8. The number of rotatable bonds is 4. The van der Waals surface area contributed by atoms with Gasteiger partial charge in [0.05, 0.1) is 0 Å². The minimum atomic E-state index is -0.00515. The number of hydrogen-bond acceptors (Lipinski definition) is 3. The SMILES string of the molecule is Cc1ccc(CCC(=O)Nc2ccc3ncoc3c2)cc1. The van der Waals surface area contributed by atoms with Gasteiger partial charge < -0.3 is 9.73 Å². The summed E-state index contributed by atoms with van der Waals surface area (Å²) in [6.45, 7) is 2.05. The van der Waals surface area contributed by atoms with E-state index in [9.17, 15) is 4.79 Å². The third-order valence-corrected chi connectivity index (χ3v) is 3.38. The summed E-state index contributed by atoms with van der Waals surface area (Å²) in [6.07, 6.45) is 2.59. The van der Waals surface area contributed by atoms with Crippen LogP contribution in [0.15, 0.2) is 53.3 Å². The van der Waals surface area contributed by atoms with Crippen LogP contribution in [-0.2, 0) is 11.2 Å². The molecule has 4 nitrogen and oxygen atoms in total. The second-order valence-electron chi connectivity index (χ2n) is 5.07. The molecule has 0 aliphatic heterocycles. The van der Waals surface area contributed by atoms with Gasteiger partial charge in [0.25, 0.3) is 0 Å². The molecule has 0 aliphatic carbocycles. The van der Waals surface area contributed by atoms with Gasteiger partial charge in [-0.25, -0.2) is 4.98 Å². The minimum absolute atomic E-state index is 0.00515. The lowest BCUT2D eigenvalue weighted by molar-refractivity contribution is -0.116. The summed E-state index contributed by atoms with van der Waals surface area (Å²) in [5.74, 6) is -0.00515. The van der Waals surface area contributed by atoms with Crippen LogP contribution in [-0.4, -0.2) is 10.9 Å². The van der Waals surface area contributed by atoms with E-state index in [2.05, 4.69) is 41.5 Å². The van der Waals surface area contributed by atoms with Crippen molar-refractivity contribution in [3.63, 3.8) is 0 Å². The topological polar surface area (TPSA) is 55.1 Å². The van der Waals surface area contributed by atoms with Crippen molar-refractivity contribution in [2.24, 2.45) is 0 Å². The molecule has 1 aromatic heterocycles. The summed E-state index contributed by atoms with van der Waals surface area (Å²) >= 11 is 0. The Labute approximate surface area is 122 Å². The molecule has 0 aliphatic rings. The van der Waals surface area contributed by atoms with Crippen LogP contribution >= 0.6 is 0 Å². The monoisotopic (exact) mass is 280 g/mol. The molecule has 21 heavy (non-hydrogen) atoms. The second-order valence-corrected chi connectivity index (χ2v) is 5.07. The molecule has 3 rings (SSSR count). The number of aryl methyl sites for hydroxylation is 2. The molecule has 0 saturated heterocycles. The molecule has 2 aromatic carbocycles. The van der Waals surface area contributed by atoms with Crippen molar-refractivity contribution < 1.29 is 9.21 Å². The zero-order valence-electron chi connectivity index (χ0n) is 11.8. The number of aromatic nitrogens is 1. The number of nitrogens with zero attached hydrogens (tertiary/aromatic N) is 1. The minimum Gasteiger partial charge on any atom is -0.443 e. The Morgan fingerprint density at radius 3 is 2.81 bits per heavy atom. The van der Waals surface area contributed by atoms with E-state index in [-0.39, 0.29) is 5.91 Å². The van der Waals surface area contributed by atoms with E-state index in [1.807, 2.05) is 12.1 Å². The molecule has 4 heteroatoms. The van der Waals surface area contributed by atoms with Crippen LogP contribution in [0.4, 0.5) is 5.69 Å². The maximum Gasteiger partial charge on any atom is 0.224 e. The van der Waals surface area contributed by atoms with E-state index in [0.29, 0.717) is 12.0 Å². The van der Waals surface area contributed by atoms with Crippen LogP contribution in [0, 0.1) is 6.92 Å². The van der Waals surface area contributed by atoms with Crippen molar-refractivity contribution >= 4 is 22.7 Å². The maximum absolute atomic E-state index is 12.0. The first-order valence-corrected chi connectivity index (χ1v) is 6.89. The van der Waals surface area contributed by atoms with E-state index in [1.54, 1.807) is 6.07 Å². The molecule has 3 aromatic rings. The van der Waals surface area contributed by atoms with Crippen LogP contribution < -0.4 is 5.32 Å². The number of amides is 1. The number of hydrogen-bond donors (Lipinski definition) is 1. The van der Waals surface area contributed by atoms with E-state index < -0.39 is 0 Å².